The van der Waals surface area contributed by atoms with E-state index in [4.69, 9.17) is 9.47 Å². The van der Waals surface area contributed by atoms with Crippen molar-refractivity contribution in [3.05, 3.63) is 23.8 Å². The summed E-state index contributed by atoms with van der Waals surface area (Å²) in [6.07, 6.45) is 1.26. The van der Waals surface area contributed by atoms with Crippen LogP contribution in [0.5, 0.6) is 0 Å². The van der Waals surface area contributed by atoms with E-state index in [9.17, 15) is 9.59 Å². The topological polar surface area (TPSA) is 89.5 Å². The summed E-state index contributed by atoms with van der Waals surface area (Å²) in [5.74, 6) is 0.419. The van der Waals surface area contributed by atoms with Gasteiger partial charge in [0.1, 0.15) is 0 Å². The number of aromatic nitrogens is 1. The molecule has 2 atom stereocenters. The van der Waals surface area contributed by atoms with Crippen LogP contribution in [0.25, 0.3) is 10.2 Å². The third-order valence-electron chi connectivity index (χ3n) is 4.48. The Balaban J connectivity index is 1.30. The van der Waals surface area contributed by atoms with Gasteiger partial charge in [-0.3, -0.25) is 9.59 Å². The van der Waals surface area contributed by atoms with E-state index in [2.05, 4.69) is 21.7 Å². The van der Waals surface area contributed by atoms with Gasteiger partial charge in [0.15, 0.2) is 4.34 Å². The molecular weight excluding hydrogens is 386 g/mol. The van der Waals surface area contributed by atoms with Gasteiger partial charge in [-0.25, -0.2) is 4.98 Å². The van der Waals surface area contributed by atoms with Crippen molar-refractivity contribution in [1.29, 1.82) is 0 Å². The Kier molecular flexibility index (Phi) is 5.92. The van der Waals surface area contributed by atoms with Crippen LogP contribution in [0, 0.1) is 0 Å². The minimum atomic E-state index is -0.0513. The molecule has 7 nitrogen and oxygen atoms in total. The first-order valence-electron chi connectivity index (χ1n) is 8.93. The smallest absolute Gasteiger partial charge is 0.230 e. The monoisotopic (exact) mass is 407 g/mol. The second-order valence-corrected chi connectivity index (χ2v) is 8.89. The summed E-state index contributed by atoms with van der Waals surface area (Å²) in [4.78, 5) is 27.8. The molecular formula is C18H21N3O4S2. The van der Waals surface area contributed by atoms with Crippen LogP contribution in [-0.4, -0.2) is 54.5 Å². The Morgan fingerprint density at radius 2 is 2.41 bits per heavy atom. The van der Waals surface area contributed by atoms with Crippen molar-refractivity contribution in [2.24, 2.45) is 0 Å². The maximum absolute atomic E-state index is 12.0. The second kappa shape index (κ2) is 8.55. The summed E-state index contributed by atoms with van der Waals surface area (Å²) in [6.45, 7) is 2.38. The molecule has 0 aliphatic carbocycles. The highest BCUT2D eigenvalue weighted by Crippen LogP contribution is 2.30. The highest BCUT2D eigenvalue weighted by atomic mass is 32.2. The van der Waals surface area contributed by atoms with E-state index in [1.165, 1.54) is 11.8 Å². The summed E-state index contributed by atoms with van der Waals surface area (Å²) >= 11 is 3.03. The molecule has 2 saturated heterocycles. The Morgan fingerprint density at radius 1 is 1.48 bits per heavy atom. The second-order valence-electron chi connectivity index (χ2n) is 6.64. The summed E-state index contributed by atoms with van der Waals surface area (Å²) in [6, 6.07) is 6.18. The number of carbonyl (C=O) groups excluding carboxylic acids is 2. The first-order valence-corrected chi connectivity index (χ1v) is 10.7. The largest absolute Gasteiger partial charge is 0.379 e. The van der Waals surface area contributed by atoms with E-state index < -0.39 is 0 Å². The zero-order valence-electron chi connectivity index (χ0n) is 14.7. The van der Waals surface area contributed by atoms with Crippen LogP contribution >= 0.6 is 23.1 Å². The molecule has 2 aliphatic rings. The standard InChI is InChI=1S/C18H21N3O4S2/c22-16-6-13(7-19-16)25-8-11-1-2-14-15(5-11)27-18(21-14)26-10-17(23)20-12-3-4-24-9-12/h1-2,5,12-13H,3-4,6-10H2,(H,19,22)(H,20,23)/t12-,13?/m1/s1. The number of hydrogen-bond acceptors (Lipinski definition) is 7. The summed E-state index contributed by atoms with van der Waals surface area (Å²) < 4.78 is 13.0. The van der Waals surface area contributed by atoms with E-state index in [1.54, 1.807) is 11.3 Å². The highest BCUT2D eigenvalue weighted by Gasteiger charge is 2.22. The number of hydrogen-bond donors (Lipinski definition) is 2. The fourth-order valence-corrected chi connectivity index (χ4v) is 5.00. The molecule has 4 rings (SSSR count). The minimum absolute atomic E-state index is 0.0172. The molecule has 2 aromatic rings. The number of amides is 2. The lowest BCUT2D eigenvalue weighted by atomic mass is 10.2. The third kappa shape index (κ3) is 4.98. The van der Waals surface area contributed by atoms with Crippen molar-refractivity contribution in [2.75, 3.05) is 25.5 Å². The number of rotatable bonds is 7. The van der Waals surface area contributed by atoms with Gasteiger partial charge in [-0.1, -0.05) is 17.8 Å². The molecule has 27 heavy (non-hydrogen) atoms. The number of carbonyl (C=O) groups is 2. The van der Waals surface area contributed by atoms with E-state index in [0.717, 1.165) is 33.1 Å². The molecule has 2 aliphatic heterocycles. The van der Waals surface area contributed by atoms with Crippen LogP contribution in [-0.2, 0) is 25.7 Å². The van der Waals surface area contributed by atoms with Crippen molar-refractivity contribution in [3.63, 3.8) is 0 Å². The predicted octanol–water partition coefficient (Wildman–Crippen LogP) is 1.70. The van der Waals surface area contributed by atoms with Crippen LogP contribution in [0.1, 0.15) is 18.4 Å². The number of fused-ring (bicyclic) bond motifs is 1. The Bertz CT molecular complexity index is 835. The van der Waals surface area contributed by atoms with Gasteiger partial charge in [-0.15, -0.1) is 11.3 Å². The SMILES string of the molecule is O=C1CC(OCc2ccc3nc(SCC(=O)N[C@@H]4CCOC4)sc3c2)CN1. The van der Waals surface area contributed by atoms with Crippen LogP contribution in [0.2, 0.25) is 0 Å². The van der Waals surface area contributed by atoms with Gasteiger partial charge in [-0.05, 0) is 24.1 Å². The molecule has 0 bridgehead atoms. The molecule has 0 radical (unpaired) electrons. The summed E-state index contributed by atoms with van der Waals surface area (Å²) in [7, 11) is 0. The van der Waals surface area contributed by atoms with Crippen molar-refractivity contribution in [2.45, 2.75) is 35.9 Å². The Hall–Kier alpha value is -1.68. The van der Waals surface area contributed by atoms with Crippen LogP contribution in [0.4, 0.5) is 0 Å². The lowest BCUT2D eigenvalue weighted by Crippen LogP contribution is -2.36. The van der Waals surface area contributed by atoms with E-state index in [-0.39, 0.29) is 24.0 Å². The molecule has 9 heteroatoms. The highest BCUT2D eigenvalue weighted by molar-refractivity contribution is 8.01. The van der Waals surface area contributed by atoms with Gasteiger partial charge < -0.3 is 20.1 Å². The maximum Gasteiger partial charge on any atom is 0.230 e. The van der Waals surface area contributed by atoms with Gasteiger partial charge in [-0.2, -0.15) is 0 Å². The lowest BCUT2D eigenvalue weighted by molar-refractivity contribution is -0.120. The molecule has 1 unspecified atom stereocenters. The van der Waals surface area contributed by atoms with E-state index in [1.807, 2.05) is 12.1 Å². The van der Waals surface area contributed by atoms with Gasteiger partial charge in [0.2, 0.25) is 11.8 Å². The number of nitrogens with one attached hydrogen (secondary N) is 2. The zero-order valence-corrected chi connectivity index (χ0v) is 16.4. The fraction of sp³-hybridized carbons (Fsp3) is 0.500. The number of ether oxygens (including phenoxy) is 2. The number of nitrogens with zero attached hydrogens (tertiary/aromatic N) is 1. The van der Waals surface area contributed by atoms with Crippen LogP contribution < -0.4 is 10.6 Å². The molecule has 0 saturated carbocycles. The average molecular weight is 408 g/mol. The summed E-state index contributed by atoms with van der Waals surface area (Å²) in [5.41, 5.74) is 1.98. The van der Waals surface area contributed by atoms with Crippen molar-refractivity contribution in [3.8, 4) is 0 Å². The van der Waals surface area contributed by atoms with Gasteiger partial charge in [0.25, 0.3) is 0 Å². The zero-order chi connectivity index (χ0) is 18.6. The molecule has 1 aromatic heterocycles. The van der Waals surface area contributed by atoms with Crippen molar-refractivity contribution >= 4 is 45.1 Å². The molecule has 2 fully saturated rings. The van der Waals surface area contributed by atoms with E-state index >= 15 is 0 Å². The van der Waals surface area contributed by atoms with Gasteiger partial charge in [0.05, 0.1) is 47.7 Å². The quantitative estimate of drug-likeness (QED) is 0.679. The van der Waals surface area contributed by atoms with Crippen molar-refractivity contribution < 1.29 is 19.1 Å². The Labute approximate surface area is 165 Å². The number of benzene rings is 1. The molecule has 144 valence electrons. The molecule has 2 amide bonds. The fourth-order valence-electron chi connectivity index (χ4n) is 3.06. The first-order chi connectivity index (χ1) is 13.2. The van der Waals surface area contributed by atoms with E-state index in [0.29, 0.717) is 31.9 Å². The predicted molar refractivity (Wildman–Crippen MR) is 104 cm³/mol. The molecule has 3 heterocycles. The Morgan fingerprint density at radius 3 is 3.19 bits per heavy atom. The average Bonchev–Trinajstić information content (AvgIpc) is 3.38. The lowest BCUT2D eigenvalue weighted by Gasteiger charge is -2.09. The van der Waals surface area contributed by atoms with Crippen LogP contribution in [0.3, 0.4) is 0 Å². The number of thioether (sulfide) groups is 1. The van der Waals surface area contributed by atoms with Crippen molar-refractivity contribution in [1.82, 2.24) is 15.6 Å². The first kappa shape index (κ1) is 18.7. The summed E-state index contributed by atoms with van der Waals surface area (Å²) in [5, 5.41) is 5.76. The molecule has 1 aromatic carbocycles. The van der Waals surface area contributed by atoms with Crippen LogP contribution in [0.15, 0.2) is 22.5 Å². The third-order valence-corrected chi connectivity index (χ3v) is 6.64. The molecule has 2 N–H and O–H groups in total. The number of thiazole rings is 1. The minimum Gasteiger partial charge on any atom is -0.379 e. The van der Waals surface area contributed by atoms with Gasteiger partial charge in [0, 0.05) is 13.2 Å². The maximum atomic E-state index is 12.0. The van der Waals surface area contributed by atoms with Gasteiger partial charge >= 0.3 is 0 Å². The normalized spacial score (nSPS) is 22.3. The molecule has 0 spiro atoms.